The maximum absolute atomic E-state index is 11.9. The van der Waals surface area contributed by atoms with Crippen LogP contribution in [0.1, 0.15) is 22.3 Å². The summed E-state index contributed by atoms with van der Waals surface area (Å²) < 4.78 is 5.11. The molecule has 5 nitrogen and oxygen atoms in total. The summed E-state index contributed by atoms with van der Waals surface area (Å²) in [7, 11) is 1.64. The Labute approximate surface area is 151 Å². The summed E-state index contributed by atoms with van der Waals surface area (Å²) >= 11 is 1.64. The zero-order valence-corrected chi connectivity index (χ0v) is 15.0. The molecule has 6 heteroatoms. The van der Waals surface area contributed by atoms with Crippen LogP contribution in [0.2, 0.25) is 0 Å². The van der Waals surface area contributed by atoms with Gasteiger partial charge in [-0.2, -0.15) is 0 Å². The highest BCUT2D eigenvalue weighted by Crippen LogP contribution is 2.21. The highest BCUT2D eigenvalue weighted by Gasteiger charge is 2.04. The third-order valence-electron chi connectivity index (χ3n) is 3.60. The third-order valence-corrected chi connectivity index (χ3v) is 4.62. The molecule has 0 unspecified atom stereocenters. The number of thioether (sulfide) groups is 1. The van der Waals surface area contributed by atoms with E-state index in [1.807, 2.05) is 30.3 Å². The van der Waals surface area contributed by atoms with E-state index in [0.717, 1.165) is 22.0 Å². The summed E-state index contributed by atoms with van der Waals surface area (Å²) in [6.07, 6.45) is 1.12. The lowest BCUT2D eigenvalue weighted by molar-refractivity contribution is -0.120. The molecule has 0 aliphatic carbocycles. The zero-order valence-electron chi connectivity index (χ0n) is 14.2. The molecule has 0 fully saturated rings. The van der Waals surface area contributed by atoms with Gasteiger partial charge in [-0.05, 0) is 48.4 Å². The molecule has 0 radical (unpaired) electrons. The maximum Gasteiger partial charge on any atom is 0.248 e. The van der Waals surface area contributed by atoms with Crippen LogP contribution in [-0.4, -0.2) is 31.2 Å². The van der Waals surface area contributed by atoms with Gasteiger partial charge < -0.3 is 15.8 Å². The molecule has 0 aromatic heterocycles. The Morgan fingerprint density at radius 3 is 2.60 bits per heavy atom. The molecule has 0 bridgehead atoms. The van der Waals surface area contributed by atoms with E-state index in [4.69, 9.17) is 10.5 Å². The average Bonchev–Trinajstić information content (AvgIpc) is 2.62. The van der Waals surface area contributed by atoms with E-state index in [2.05, 4.69) is 5.32 Å². The van der Waals surface area contributed by atoms with Crippen LogP contribution in [0.5, 0.6) is 5.75 Å². The van der Waals surface area contributed by atoms with E-state index < -0.39 is 5.91 Å². The smallest absolute Gasteiger partial charge is 0.248 e. The van der Waals surface area contributed by atoms with Crippen molar-refractivity contribution in [2.75, 3.05) is 19.4 Å². The second kappa shape index (κ2) is 9.74. The van der Waals surface area contributed by atoms with Crippen molar-refractivity contribution in [1.29, 1.82) is 0 Å². The number of benzene rings is 2. The lowest BCUT2D eigenvalue weighted by Crippen LogP contribution is -2.26. The molecule has 0 aliphatic rings. The Morgan fingerprint density at radius 1 is 1.16 bits per heavy atom. The SMILES string of the molecule is COc1ccc(SCCC(=O)NCCc2cccc(C(N)=O)c2)cc1. The number of methoxy groups -OCH3 is 1. The van der Waals surface area contributed by atoms with Crippen molar-refractivity contribution in [3.8, 4) is 5.75 Å². The van der Waals surface area contributed by atoms with Gasteiger partial charge in [0.2, 0.25) is 11.8 Å². The van der Waals surface area contributed by atoms with Crippen molar-refractivity contribution in [3.05, 3.63) is 59.7 Å². The lowest BCUT2D eigenvalue weighted by Gasteiger charge is -2.07. The fourth-order valence-electron chi connectivity index (χ4n) is 2.25. The van der Waals surface area contributed by atoms with E-state index >= 15 is 0 Å². The molecular weight excluding hydrogens is 336 g/mol. The number of carbonyl (C=O) groups excluding carboxylic acids is 2. The number of primary amides is 1. The van der Waals surface area contributed by atoms with Crippen molar-refractivity contribution >= 4 is 23.6 Å². The average molecular weight is 358 g/mol. The molecule has 3 N–H and O–H groups in total. The first kappa shape index (κ1) is 18.9. The van der Waals surface area contributed by atoms with Crippen LogP contribution < -0.4 is 15.8 Å². The largest absolute Gasteiger partial charge is 0.497 e. The highest BCUT2D eigenvalue weighted by molar-refractivity contribution is 7.99. The van der Waals surface area contributed by atoms with Gasteiger partial charge in [0.1, 0.15) is 5.75 Å². The van der Waals surface area contributed by atoms with Gasteiger partial charge in [0, 0.05) is 29.2 Å². The van der Waals surface area contributed by atoms with Gasteiger partial charge >= 0.3 is 0 Å². The second-order valence-electron chi connectivity index (χ2n) is 5.44. The predicted octanol–water partition coefficient (Wildman–Crippen LogP) is 2.64. The normalized spacial score (nSPS) is 10.3. The standard InChI is InChI=1S/C19H22N2O3S/c1-24-16-5-7-17(8-6-16)25-12-10-18(22)21-11-9-14-3-2-4-15(13-14)19(20)23/h2-8,13H,9-12H2,1H3,(H2,20,23)(H,21,22). The van der Waals surface area contributed by atoms with E-state index in [0.29, 0.717) is 24.9 Å². The minimum Gasteiger partial charge on any atom is -0.497 e. The molecule has 2 aromatic carbocycles. The first-order valence-electron chi connectivity index (χ1n) is 8.01. The molecule has 0 aliphatic heterocycles. The molecule has 2 aromatic rings. The molecular formula is C19H22N2O3S. The van der Waals surface area contributed by atoms with E-state index in [1.54, 1.807) is 37.1 Å². The Morgan fingerprint density at radius 2 is 1.92 bits per heavy atom. The van der Waals surface area contributed by atoms with Crippen molar-refractivity contribution in [3.63, 3.8) is 0 Å². The predicted molar refractivity (Wildman–Crippen MR) is 100 cm³/mol. The van der Waals surface area contributed by atoms with Crippen LogP contribution in [0.4, 0.5) is 0 Å². The maximum atomic E-state index is 11.9. The van der Waals surface area contributed by atoms with Gasteiger partial charge in [0.25, 0.3) is 0 Å². The van der Waals surface area contributed by atoms with E-state index in [1.165, 1.54) is 0 Å². The van der Waals surface area contributed by atoms with Gasteiger partial charge in [-0.25, -0.2) is 0 Å². The van der Waals surface area contributed by atoms with Crippen LogP contribution in [0, 0.1) is 0 Å². The summed E-state index contributed by atoms with van der Waals surface area (Å²) in [4.78, 5) is 24.1. The number of hydrogen-bond acceptors (Lipinski definition) is 4. The summed E-state index contributed by atoms with van der Waals surface area (Å²) in [5.41, 5.74) is 6.72. The first-order valence-corrected chi connectivity index (χ1v) is 8.99. The van der Waals surface area contributed by atoms with Crippen LogP contribution in [0.15, 0.2) is 53.4 Å². The van der Waals surface area contributed by atoms with Crippen LogP contribution >= 0.6 is 11.8 Å². The fraction of sp³-hybridized carbons (Fsp3) is 0.263. The second-order valence-corrected chi connectivity index (χ2v) is 6.61. The van der Waals surface area contributed by atoms with Crippen LogP contribution in [0.25, 0.3) is 0 Å². The van der Waals surface area contributed by atoms with E-state index in [9.17, 15) is 9.59 Å². The van der Waals surface area contributed by atoms with Gasteiger partial charge in [-0.3, -0.25) is 9.59 Å². The number of ether oxygens (including phenoxy) is 1. The van der Waals surface area contributed by atoms with Crippen LogP contribution in [0.3, 0.4) is 0 Å². The number of nitrogens with one attached hydrogen (secondary N) is 1. The van der Waals surface area contributed by atoms with Gasteiger partial charge in [0.15, 0.2) is 0 Å². The van der Waals surface area contributed by atoms with Crippen molar-refractivity contribution in [1.82, 2.24) is 5.32 Å². The van der Waals surface area contributed by atoms with Crippen molar-refractivity contribution in [2.24, 2.45) is 5.73 Å². The Hall–Kier alpha value is -2.47. The van der Waals surface area contributed by atoms with Crippen molar-refractivity contribution < 1.29 is 14.3 Å². The molecule has 2 amide bonds. The molecule has 132 valence electrons. The number of rotatable bonds is 9. The minimum absolute atomic E-state index is 0.0204. The topological polar surface area (TPSA) is 81.4 Å². The molecule has 0 atom stereocenters. The molecule has 0 spiro atoms. The number of amides is 2. The molecule has 0 heterocycles. The summed E-state index contributed by atoms with van der Waals surface area (Å²) in [5, 5.41) is 2.90. The quantitative estimate of drug-likeness (QED) is 0.675. The number of nitrogens with two attached hydrogens (primary N) is 1. The Balaban J connectivity index is 1.66. The Bertz CT molecular complexity index is 717. The Kier molecular flexibility index (Phi) is 7.35. The zero-order chi connectivity index (χ0) is 18.1. The molecule has 0 saturated heterocycles. The first-order chi connectivity index (χ1) is 12.1. The van der Waals surface area contributed by atoms with Crippen molar-refractivity contribution in [2.45, 2.75) is 17.7 Å². The molecule has 25 heavy (non-hydrogen) atoms. The van der Waals surface area contributed by atoms with E-state index in [-0.39, 0.29) is 5.91 Å². The fourth-order valence-corrected chi connectivity index (χ4v) is 3.10. The monoisotopic (exact) mass is 358 g/mol. The lowest BCUT2D eigenvalue weighted by atomic mass is 10.1. The number of carbonyl (C=O) groups is 2. The van der Waals surface area contributed by atoms with Gasteiger partial charge in [-0.15, -0.1) is 11.8 Å². The molecule has 2 rings (SSSR count). The highest BCUT2D eigenvalue weighted by atomic mass is 32.2. The molecule has 0 saturated carbocycles. The van der Waals surface area contributed by atoms with Gasteiger partial charge in [0.05, 0.1) is 7.11 Å². The van der Waals surface area contributed by atoms with Gasteiger partial charge in [-0.1, -0.05) is 12.1 Å². The summed E-state index contributed by atoms with van der Waals surface area (Å²) in [6, 6.07) is 14.9. The summed E-state index contributed by atoms with van der Waals surface area (Å²) in [5.74, 6) is 1.12. The summed E-state index contributed by atoms with van der Waals surface area (Å²) in [6.45, 7) is 0.536. The number of hydrogen-bond donors (Lipinski definition) is 2. The van der Waals surface area contributed by atoms with Crippen LogP contribution in [-0.2, 0) is 11.2 Å². The minimum atomic E-state index is -0.443. The third kappa shape index (κ3) is 6.51.